The van der Waals surface area contributed by atoms with Crippen molar-refractivity contribution in [3.8, 4) is 11.5 Å². The van der Waals surface area contributed by atoms with Crippen LogP contribution >= 0.6 is 11.6 Å². The summed E-state index contributed by atoms with van der Waals surface area (Å²) in [6, 6.07) is 19.5. The molecule has 0 fully saturated rings. The van der Waals surface area contributed by atoms with Crippen molar-refractivity contribution in [3.05, 3.63) is 94.5 Å². The standard InChI is InChI=1S/C26H20ClNO5/c27-21-7-3-1-5-18(21)15-28-22-8-4-2-6-20(22)26(31,25(28)30)14-19(29)11-9-17-10-12-23-24(13-17)33-16-32-23/h1-13,31H,14-16H2/b11-9-/t26-/m0/s1. The highest BCUT2D eigenvalue weighted by atomic mass is 35.5. The number of carbonyl (C=O) groups is 2. The van der Waals surface area contributed by atoms with Crippen molar-refractivity contribution >= 4 is 35.1 Å². The van der Waals surface area contributed by atoms with Gasteiger partial charge in [-0.05, 0) is 41.5 Å². The number of allylic oxidation sites excluding steroid dienone is 1. The van der Waals surface area contributed by atoms with Crippen LogP contribution in [0.4, 0.5) is 5.69 Å². The summed E-state index contributed by atoms with van der Waals surface area (Å²) in [6.07, 6.45) is 2.62. The summed E-state index contributed by atoms with van der Waals surface area (Å²) < 4.78 is 10.6. The van der Waals surface area contributed by atoms with Crippen molar-refractivity contribution < 1.29 is 24.2 Å². The smallest absolute Gasteiger partial charge is 0.264 e. The lowest BCUT2D eigenvalue weighted by atomic mass is 9.89. The molecule has 2 aliphatic heterocycles. The molecule has 6 nitrogen and oxygen atoms in total. The molecule has 2 heterocycles. The molecule has 2 aliphatic rings. The number of benzene rings is 3. The van der Waals surface area contributed by atoms with Gasteiger partial charge in [0.2, 0.25) is 6.79 Å². The van der Waals surface area contributed by atoms with Crippen molar-refractivity contribution in [2.75, 3.05) is 11.7 Å². The molecule has 3 aromatic carbocycles. The molecular formula is C26H20ClNO5. The molecule has 1 atom stereocenters. The Hall–Kier alpha value is -3.61. The maximum Gasteiger partial charge on any atom is 0.264 e. The van der Waals surface area contributed by atoms with E-state index in [1.807, 2.05) is 18.2 Å². The summed E-state index contributed by atoms with van der Waals surface area (Å²) in [4.78, 5) is 27.6. The molecule has 0 saturated carbocycles. The first-order valence-electron chi connectivity index (χ1n) is 10.4. The van der Waals surface area contributed by atoms with E-state index in [0.29, 0.717) is 27.8 Å². The summed E-state index contributed by atoms with van der Waals surface area (Å²) in [5, 5.41) is 11.9. The Bertz CT molecular complexity index is 1290. The molecular weight excluding hydrogens is 442 g/mol. The number of hydrogen-bond acceptors (Lipinski definition) is 5. The number of carbonyl (C=O) groups excluding carboxylic acids is 2. The van der Waals surface area contributed by atoms with Gasteiger partial charge in [0.05, 0.1) is 18.7 Å². The largest absolute Gasteiger partial charge is 0.454 e. The number of nitrogens with zero attached hydrogens (tertiary/aromatic N) is 1. The lowest BCUT2D eigenvalue weighted by molar-refractivity contribution is -0.140. The number of ketones is 1. The molecule has 0 saturated heterocycles. The van der Waals surface area contributed by atoms with Crippen molar-refractivity contribution in [2.45, 2.75) is 18.6 Å². The van der Waals surface area contributed by atoms with E-state index in [4.69, 9.17) is 21.1 Å². The fraction of sp³-hybridized carbons (Fsp3) is 0.154. The van der Waals surface area contributed by atoms with Gasteiger partial charge in [0, 0.05) is 10.6 Å². The summed E-state index contributed by atoms with van der Waals surface area (Å²) in [5.74, 6) is 0.337. The van der Waals surface area contributed by atoms with Crippen LogP contribution in [0.25, 0.3) is 6.08 Å². The van der Waals surface area contributed by atoms with Gasteiger partial charge in [0.1, 0.15) is 0 Å². The number of amides is 1. The van der Waals surface area contributed by atoms with Gasteiger partial charge in [-0.1, -0.05) is 60.1 Å². The van der Waals surface area contributed by atoms with E-state index >= 15 is 0 Å². The van der Waals surface area contributed by atoms with E-state index in [1.165, 1.54) is 11.0 Å². The molecule has 0 spiro atoms. The molecule has 0 aliphatic carbocycles. The van der Waals surface area contributed by atoms with Crippen molar-refractivity contribution in [3.63, 3.8) is 0 Å². The number of ether oxygens (including phenoxy) is 2. The van der Waals surface area contributed by atoms with Crippen LogP contribution in [0.3, 0.4) is 0 Å². The number of anilines is 1. The van der Waals surface area contributed by atoms with Gasteiger partial charge < -0.3 is 19.5 Å². The van der Waals surface area contributed by atoms with Crippen LogP contribution in [-0.4, -0.2) is 23.6 Å². The van der Waals surface area contributed by atoms with E-state index < -0.39 is 11.5 Å². The molecule has 1 N–H and O–H groups in total. The monoisotopic (exact) mass is 461 g/mol. The fourth-order valence-electron chi connectivity index (χ4n) is 4.15. The van der Waals surface area contributed by atoms with Gasteiger partial charge in [0.25, 0.3) is 5.91 Å². The maximum absolute atomic E-state index is 13.4. The van der Waals surface area contributed by atoms with Gasteiger partial charge in [-0.2, -0.15) is 0 Å². The first kappa shape index (κ1) is 21.2. The summed E-state index contributed by atoms with van der Waals surface area (Å²) in [7, 11) is 0. The first-order chi connectivity index (χ1) is 16.0. The Balaban J connectivity index is 1.38. The molecule has 5 rings (SSSR count). The van der Waals surface area contributed by atoms with Crippen LogP contribution < -0.4 is 14.4 Å². The average molecular weight is 462 g/mol. The minimum Gasteiger partial charge on any atom is -0.454 e. The van der Waals surface area contributed by atoms with Crippen LogP contribution in [0.1, 0.15) is 23.1 Å². The Morgan fingerprint density at radius 1 is 1.06 bits per heavy atom. The van der Waals surface area contributed by atoms with Crippen molar-refractivity contribution in [2.24, 2.45) is 0 Å². The molecule has 3 aromatic rings. The zero-order chi connectivity index (χ0) is 23.0. The third-order valence-electron chi connectivity index (χ3n) is 5.81. The predicted molar refractivity (Wildman–Crippen MR) is 124 cm³/mol. The van der Waals surface area contributed by atoms with E-state index in [2.05, 4.69) is 0 Å². The van der Waals surface area contributed by atoms with Crippen LogP contribution in [0.2, 0.25) is 5.02 Å². The zero-order valence-electron chi connectivity index (χ0n) is 17.5. The zero-order valence-corrected chi connectivity index (χ0v) is 18.3. The van der Waals surface area contributed by atoms with Gasteiger partial charge in [-0.3, -0.25) is 9.59 Å². The van der Waals surface area contributed by atoms with Crippen molar-refractivity contribution in [1.82, 2.24) is 0 Å². The number of halogens is 1. The number of para-hydroxylation sites is 1. The van der Waals surface area contributed by atoms with Gasteiger partial charge in [0.15, 0.2) is 22.9 Å². The molecule has 1 amide bonds. The molecule has 0 bridgehead atoms. The molecule has 0 aromatic heterocycles. The SMILES string of the molecule is O=C(/C=C\c1ccc2c(c1)OCO2)C[C@@]1(O)C(=O)N(Cc2ccccc2Cl)c2ccccc21. The Morgan fingerprint density at radius 2 is 1.82 bits per heavy atom. The lowest BCUT2D eigenvalue weighted by Crippen LogP contribution is -2.41. The van der Waals surface area contributed by atoms with Crippen LogP contribution in [0, 0.1) is 0 Å². The highest BCUT2D eigenvalue weighted by molar-refractivity contribution is 6.31. The van der Waals surface area contributed by atoms with Crippen molar-refractivity contribution in [1.29, 1.82) is 0 Å². The quantitative estimate of drug-likeness (QED) is 0.548. The number of fused-ring (bicyclic) bond motifs is 2. The lowest BCUT2D eigenvalue weighted by Gasteiger charge is -2.22. The third kappa shape index (κ3) is 3.88. The van der Waals surface area contributed by atoms with E-state index in [9.17, 15) is 14.7 Å². The second-order valence-electron chi connectivity index (χ2n) is 7.95. The minimum atomic E-state index is -1.95. The van der Waals surface area contributed by atoms with E-state index in [1.54, 1.807) is 54.6 Å². The normalized spacial score (nSPS) is 18.7. The maximum atomic E-state index is 13.4. The Labute approximate surface area is 195 Å². The summed E-state index contributed by atoms with van der Waals surface area (Å²) >= 11 is 6.29. The Kier molecular flexibility index (Phi) is 5.40. The second kappa shape index (κ2) is 8.39. The Morgan fingerprint density at radius 3 is 2.67 bits per heavy atom. The molecule has 33 heavy (non-hydrogen) atoms. The topological polar surface area (TPSA) is 76.1 Å². The number of aliphatic hydroxyl groups is 1. The first-order valence-corrected chi connectivity index (χ1v) is 10.8. The van der Waals surface area contributed by atoms with Gasteiger partial charge in [-0.15, -0.1) is 0 Å². The second-order valence-corrected chi connectivity index (χ2v) is 8.36. The molecule has 7 heteroatoms. The predicted octanol–water partition coefficient (Wildman–Crippen LogP) is 4.48. The highest BCUT2D eigenvalue weighted by Gasteiger charge is 2.50. The van der Waals surface area contributed by atoms with E-state index in [-0.39, 0.29) is 25.5 Å². The summed E-state index contributed by atoms with van der Waals surface area (Å²) in [5.41, 5.74) is 0.525. The molecule has 0 radical (unpaired) electrons. The van der Waals surface area contributed by atoms with Crippen LogP contribution in [0.5, 0.6) is 11.5 Å². The third-order valence-corrected chi connectivity index (χ3v) is 6.18. The number of rotatable bonds is 6. The van der Waals surface area contributed by atoms with Gasteiger partial charge >= 0.3 is 0 Å². The fourth-order valence-corrected chi connectivity index (χ4v) is 4.34. The van der Waals surface area contributed by atoms with Crippen LogP contribution in [0.15, 0.2) is 72.8 Å². The molecule has 0 unspecified atom stereocenters. The summed E-state index contributed by atoms with van der Waals surface area (Å²) in [6.45, 7) is 0.361. The molecule has 166 valence electrons. The van der Waals surface area contributed by atoms with Crippen LogP contribution in [-0.2, 0) is 21.7 Å². The highest BCUT2D eigenvalue weighted by Crippen LogP contribution is 2.43. The average Bonchev–Trinajstić information content (AvgIpc) is 3.36. The van der Waals surface area contributed by atoms with E-state index in [0.717, 1.165) is 11.1 Å². The van der Waals surface area contributed by atoms with Gasteiger partial charge in [-0.25, -0.2) is 0 Å². The minimum absolute atomic E-state index is 0.167. The number of hydrogen-bond donors (Lipinski definition) is 1.